The molecule has 0 unspecified atom stereocenters. The maximum absolute atomic E-state index is 13.0. The van der Waals surface area contributed by atoms with E-state index in [-0.39, 0.29) is 24.0 Å². The van der Waals surface area contributed by atoms with Crippen LogP contribution in [0.1, 0.15) is 84.5 Å². The monoisotopic (exact) mass is 338 g/mol. The number of hydrogen-bond acceptors (Lipinski definition) is 2. The number of rotatable bonds is 6. The number of urea groups is 1. The number of nitrogens with one attached hydrogen (secondary N) is 1. The highest BCUT2D eigenvalue weighted by Crippen LogP contribution is 2.30. The maximum atomic E-state index is 13.0. The fraction of sp³-hybridized carbons (Fsp3) is 0.895. The largest absolute Gasteiger partial charge is 0.480 e. The van der Waals surface area contributed by atoms with Crippen molar-refractivity contribution in [1.82, 2.24) is 10.2 Å². The number of hydrogen-bond donors (Lipinski definition) is 2. The van der Waals surface area contributed by atoms with E-state index in [0.29, 0.717) is 0 Å². The summed E-state index contributed by atoms with van der Waals surface area (Å²) in [5, 5.41) is 12.3. The van der Waals surface area contributed by atoms with Crippen molar-refractivity contribution in [1.29, 1.82) is 0 Å². The Balaban J connectivity index is 2.11. The van der Waals surface area contributed by atoms with Gasteiger partial charge in [-0.05, 0) is 31.6 Å². The molecule has 2 amide bonds. The summed E-state index contributed by atoms with van der Waals surface area (Å²) in [6, 6.07) is -0.375. The van der Waals surface area contributed by atoms with Gasteiger partial charge in [0.05, 0.1) is 0 Å². The number of carboxylic acid groups (broad SMARTS) is 1. The van der Waals surface area contributed by atoms with E-state index in [9.17, 15) is 14.7 Å². The van der Waals surface area contributed by atoms with Crippen molar-refractivity contribution in [2.45, 2.75) is 103 Å². The highest BCUT2D eigenvalue weighted by Gasteiger charge is 2.35. The molecule has 24 heavy (non-hydrogen) atoms. The second kappa shape index (κ2) is 9.28. The van der Waals surface area contributed by atoms with E-state index in [1.807, 2.05) is 18.7 Å². The number of nitrogens with zero attached hydrogens (tertiary/aromatic N) is 1. The third-order valence-corrected chi connectivity index (χ3v) is 5.93. The van der Waals surface area contributed by atoms with E-state index in [2.05, 4.69) is 5.32 Å². The van der Waals surface area contributed by atoms with Crippen molar-refractivity contribution in [3.8, 4) is 0 Å². The summed E-state index contributed by atoms with van der Waals surface area (Å²) in [6.45, 7) is 3.86. The fourth-order valence-electron chi connectivity index (χ4n) is 4.24. The predicted octanol–water partition coefficient (Wildman–Crippen LogP) is 4.16. The van der Waals surface area contributed by atoms with E-state index >= 15 is 0 Å². The smallest absolute Gasteiger partial charge is 0.326 e. The Morgan fingerprint density at radius 3 is 1.83 bits per heavy atom. The number of carboxylic acids is 1. The Morgan fingerprint density at radius 1 is 1.00 bits per heavy atom. The molecule has 5 heteroatoms. The molecule has 0 aromatic rings. The van der Waals surface area contributed by atoms with Crippen LogP contribution in [-0.4, -0.2) is 40.1 Å². The van der Waals surface area contributed by atoms with Crippen LogP contribution in [0.2, 0.25) is 0 Å². The molecule has 2 rings (SSSR count). The second-order valence-electron chi connectivity index (χ2n) is 7.64. The average Bonchev–Trinajstić information content (AvgIpc) is 2.61. The first-order valence-electron chi connectivity index (χ1n) is 9.86. The summed E-state index contributed by atoms with van der Waals surface area (Å²) < 4.78 is 0. The third-order valence-electron chi connectivity index (χ3n) is 5.93. The molecule has 0 radical (unpaired) electrons. The zero-order valence-electron chi connectivity index (χ0n) is 15.3. The minimum Gasteiger partial charge on any atom is -0.480 e. The zero-order chi connectivity index (χ0) is 17.5. The maximum Gasteiger partial charge on any atom is 0.326 e. The van der Waals surface area contributed by atoms with Crippen molar-refractivity contribution >= 4 is 12.0 Å². The highest BCUT2D eigenvalue weighted by atomic mass is 16.4. The second-order valence-corrected chi connectivity index (χ2v) is 7.64. The van der Waals surface area contributed by atoms with Crippen LogP contribution in [0, 0.1) is 5.92 Å². The van der Waals surface area contributed by atoms with Gasteiger partial charge in [0.15, 0.2) is 0 Å². The van der Waals surface area contributed by atoms with Gasteiger partial charge in [0.2, 0.25) is 0 Å². The summed E-state index contributed by atoms with van der Waals surface area (Å²) >= 11 is 0. The van der Waals surface area contributed by atoms with E-state index in [4.69, 9.17) is 0 Å². The van der Waals surface area contributed by atoms with Crippen LogP contribution >= 0.6 is 0 Å². The van der Waals surface area contributed by atoms with Crippen molar-refractivity contribution in [3.63, 3.8) is 0 Å². The van der Waals surface area contributed by atoms with Gasteiger partial charge in [-0.15, -0.1) is 0 Å². The lowest BCUT2D eigenvalue weighted by Gasteiger charge is -2.42. The lowest BCUT2D eigenvalue weighted by atomic mass is 9.89. The van der Waals surface area contributed by atoms with Crippen LogP contribution in [0.4, 0.5) is 4.79 Å². The normalized spacial score (nSPS) is 22.6. The minimum atomic E-state index is -0.926. The summed E-state index contributed by atoms with van der Waals surface area (Å²) in [5.41, 5.74) is 0. The molecule has 0 aromatic carbocycles. The van der Waals surface area contributed by atoms with Crippen molar-refractivity contribution in [2.75, 3.05) is 0 Å². The van der Waals surface area contributed by atoms with Crippen molar-refractivity contribution < 1.29 is 14.7 Å². The fourth-order valence-corrected chi connectivity index (χ4v) is 4.24. The molecule has 5 nitrogen and oxygen atoms in total. The molecule has 0 aliphatic heterocycles. The number of amides is 2. The average molecular weight is 338 g/mol. The Bertz CT molecular complexity index is 397. The Labute approximate surface area is 146 Å². The molecule has 2 aliphatic rings. The molecular formula is C19H34N2O3. The van der Waals surface area contributed by atoms with Crippen molar-refractivity contribution in [3.05, 3.63) is 0 Å². The van der Waals surface area contributed by atoms with Crippen LogP contribution in [0.5, 0.6) is 0 Å². The van der Waals surface area contributed by atoms with Gasteiger partial charge in [-0.3, -0.25) is 0 Å². The van der Waals surface area contributed by atoms with Crippen molar-refractivity contribution in [2.24, 2.45) is 5.92 Å². The number of aliphatic carboxylic acids is 1. The standard InChI is InChI=1S/C19H34N2O3/c1-3-14(2)17(18(22)23)20-19(24)21(15-10-6-4-7-11-15)16-12-8-5-9-13-16/h14-17H,3-13H2,1-2H3,(H,20,24)(H,22,23)/t14-,17+/m0/s1. The van der Waals surface area contributed by atoms with Gasteiger partial charge < -0.3 is 15.3 Å². The first-order valence-corrected chi connectivity index (χ1v) is 9.86. The predicted molar refractivity (Wildman–Crippen MR) is 95.0 cm³/mol. The molecule has 0 aromatic heterocycles. The van der Waals surface area contributed by atoms with Gasteiger partial charge in [-0.25, -0.2) is 9.59 Å². The van der Waals surface area contributed by atoms with Crippen LogP contribution in [0.15, 0.2) is 0 Å². The van der Waals surface area contributed by atoms with Crippen LogP contribution in [0.25, 0.3) is 0 Å². The van der Waals surface area contributed by atoms with E-state index < -0.39 is 12.0 Å². The van der Waals surface area contributed by atoms with E-state index in [1.54, 1.807) is 0 Å². The Kier molecular flexibility index (Phi) is 7.38. The topological polar surface area (TPSA) is 69.6 Å². The van der Waals surface area contributed by atoms with Crippen LogP contribution in [-0.2, 0) is 4.79 Å². The molecule has 0 saturated heterocycles. The molecule has 2 atom stereocenters. The lowest BCUT2D eigenvalue weighted by Crippen LogP contribution is -2.57. The Hall–Kier alpha value is -1.26. The first-order chi connectivity index (χ1) is 11.5. The number of carbonyl (C=O) groups excluding carboxylic acids is 1. The van der Waals surface area contributed by atoms with Gasteiger partial charge in [0, 0.05) is 12.1 Å². The zero-order valence-corrected chi connectivity index (χ0v) is 15.3. The summed E-state index contributed by atoms with van der Waals surface area (Å²) in [5.74, 6) is -0.990. The van der Waals surface area contributed by atoms with E-state index in [0.717, 1.165) is 32.1 Å². The Morgan fingerprint density at radius 2 is 1.46 bits per heavy atom. The first kappa shape index (κ1) is 19.1. The molecule has 0 heterocycles. The van der Waals surface area contributed by atoms with Gasteiger partial charge in [-0.2, -0.15) is 0 Å². The lowest BCUT2D eigenvalue weighted by molar-refractivity contribution is -0.140. The van der Waals surface area contributed by atoms with Gasteiger partial charge >= 0.3 is 12.0 Å². The molecule has 2 N–H and O–H groups in total. The molecule has 0 bridgehead atoms. The summed E-state index contributed by atoms with van der Waals surface area (Å²) in [7, 11) is 0. The SMILES string of the molecule is CC[C@H](C)[C@@H](NC(=O)N(C1CCCCC1)C1CCCCC1)C(=O)O. The third kappa shape index (κ3) is 4.87. The molecule has 0 spiro atoms. The number of carbonyl (C=O) groups is 2. The molecule has 2 aliphatic carbocycles. The molecule has 2 saturated carbocycles. The van der Waals surface area contributed by atoms with Gasteiger partial charge in [-0.1, -0.05) is 58.8 Å². The van der Waals surface area contributed by atoms with Crippen LogP contribution < -0.4 is 5.32 Å². The van der Waals surface area contributed by atoms with E-state index in [1.165, 1.54) is 38.5 Å². The van der Waals surface area contributed by atoms with Gasteiger partial charge in [0.1, 0.15) is 6.04 Å². The summed E-state index contributed by atoms with van der Waals surface area (Å²) in [6.07, 6.45) is 12.2. The quantitative estimate of drug-likeness (QED) is 0.764. The summed E-state index contributed by atoms with van der Waals surface area (Å²) in [4.78, 5) is 26.6. The van der Waals surface area contributed by atoms with Crippen LogP contribution in [0.3, 0.4) is 0 Å². The highest BCUT2D eigenvalue weighted by molar-refractivity contribution is 5.83. The molecule has 2 fully saturated rings. The molecule has 138 valence electrons. The van der Waals surface area contributed by atoms with Gasteiger partial charge in [0.25, 0.3) is 0 Å². The molecular weight excluding hydrogens is 304 g/mol. The minimum absolute atomic E-state index is 0.0639.